The van der Waals surface area contributed by atoms with Crippen LogP contribution in [-0.2, 0) is 6.42 Å². The van der Waals surface area contributed by atoms with Gasteiger partial charge in [0.1, 0.15) is 11.6 Å². The van der Waals surface area contributed by atoms with Gasteiger partial charge in [-0.05, 0) is 48.9 Å². The fraction of sp³-hybridized carbons (Fsp3) is 0.250. The summed E-state index contributed by atoms with van der Waals surface area (Å²) in [5, 5.41) is 13.6. The summed E-state index contributed by atoms with van der Waals surface area (Å²) < 4.78 is 26.5. The third-order valence-corrected chi connectivity index (χ3v) is 3.41. The van der Waals surface area contributed by atoms with Gasteiger partial charge in [0.25, 0.3) is 0 Å². The molecule has 2 rings (SSSR count). The number of aliphatic hydroxyl groups excluding tert-OH is 1. The molecule has 2 N–H and O–H groups in total. The van der Waals surface area contributed by atoms with Crippen LogP contribution in [0.4, 0.5) is 8.78 Å². The van der Waals surface area contributed by atoms with Gasteiger partial charge < -0.3 is 10.4 Å². The molecule has 0 spiro atoms. The van der Waals surface area contributed by atoms with Gasteiger partial charge in [-0.2, -0.15) is 0 Å². The third-order valence-electron chi connectivity index (χ3n) is 3.16. The Morgan fingerprint density at radius 3 is 2.52 bits per heavy atom. The standard InChI is InChI=1S/C16H16ClF2NO/c17-12-3-1-11(2-4-12)7-8-20-10-16(21)14-9-13(18)5-6-15(14)19/h1-6,9,16,20-21H,7-8,10H2. The van der Waals surface area contributed by atoms with Crippen LogP contribution in [0.25, 0.3) is 0 Å². The molecular weight excluding hydrogens is 296 g/mol. The molecule has 0 radical (unpaired) electrons. The third kappa shape index (κ3) is 4.77. The number of halogens is 3. The highest BCUT2D eigenvalue weighted by Gasteiger charge is 2.13. The molecular formula is C16H16ClF2NO. The van der Waals surface area contributed by atoms with Crippen molar-refractivity contribution in [3.05, 3.63) is 70.2 Å². The van der Waals surface area contributed by atoms with Crippen LogP contribution in [0.2, 0.25) is 5.02 Å². The second kappa shape index (κ2) is 7.50. The second-order valence-corrected chi connectivity index (χ2v) is 5.20. The molecule has 0 aliphatic carbocycles. The Balaban J connectivity index is 1.80. The van der Waals surface area contributed by atoms with Crippen LogP contribution in [0, 0.1) is 11.6 Å². The minimum Gasteiger partial charge on any atom is -0.387 e. The number of hydrogen-bond acceptors (Lipinski definition) is 2. The van der Waals surface area contributed by atoms with E-state index in [1.54, 1.807) is 0 Å². The lowest BCUT2D eigenvalue weighted by molar-refractivity contribution is 0.170. The van der Waals surface area contributed by atoms with Crippen LogP contribution in [-0.4, -0.2) is 18.2 Å². The molecule has 2 nitrogen and oxygen atoms in total. The van der Waals surface area contributed by atoms with Crippen molar-refractivity contribution in [2.45, 2.75) is 12.5 Å². The zero-order valence-electron chi connectivity index (χ0n) is 11.3. The van der Waals surface area contributed by atoms with Crippen LogP contribution in [0.15, 0.2) is 42.5 Å². The van der Waals surface area contributed by atoms with Crippen LogP contribution in [0.1, 0.15) is 17.2 Å². The van der Waals surface area contributed by atoms with E-state index in [-0.39, 0.29) is 12.1 Å². The summed E-state index contributed by atoms with van der Waals surface area (Å²) in [6.07, 6.45) is -0.318. The van der Waals surface area contributed by atoms with E-state index >= 15 is 0 Å². The SMILES string of the molecule is OC(CNCCc1ccc(Cl)cc1)c1cc(F)ccc1F. The summed E-state index contributed by atoms with van der Waals surface area (Å²) in [6, 6.07) is 10.5. The normalized spacial score (nSPS) is 12.4. The molecule has 0 aromatic heterocycles. The highest BCUT2D eigenvalue weighted by molar-refractivity contribution is 6.30. The zero-order valence-corrected chi connectivity index (χ0v) is 12.1. The van der Waals surface area contributed by atoms with Crippen LogP contribution in [0.5, 0.6) is 0 Å². The Labute approximate surface area is 127 Å². The number of rotatable bonds is 6. The Morgan fingerprint density at radius 1 is 1.10 bits per heavy atom. The van der Waals surface area contributed by atoms with Gasteiger partial charge >= 0.3 is 0 Å². The van der Waals surface area contributed by atoms with Crippen molar-refractivity contribution in [1.82, 2.24) is 5.32 Å². The summed E-state index contributed by atoms with van der Waals surface area (Å²) in [6.45, 7) is 0.781. The maximum absolute atomic E-state index is 13.5. The Hall–Kier alpha value is -1.49. The number of benzene rings is 2. The molecule has 0 aliphatic heterocycles. The Bertz CT molecular complexity index is 589. The molecule has 0 saturated heterocycles. The van der Waals surface area contributed by atoms with Crippen molar-refractivity contribution in [2.24, 2.45) is 0 Å². The first kappa shape index (κ1) is 15.9. The maximum Gasteiger partial charge on any atom is 0.129 e. The lowest BCUT2D eigenvalue weighted by Crippen LogP contribution is -2.24. The first-order valence-corrected chi connectivity index (χ1v) is 7.02. The summed E-state index contributed by atoms with van der Waals surface area (Å²) in [5.41, 5.74) is 1.08. The minimum atomic E-state index is -1.08. The van der Waals surface area contributed by atoms with E-state index < -0.39 is 17.7 Å². The van der Waals surface area contributed by atoms with Crippen LogP contribution in [0.3, 0.4) is 0 Å². The van der Waals surface area contributed by atoms with E-state index in [4.69, 9.17) is 11.6 Å². The zero-order chi connectivity index (χ0) is 15.2. The average molecular weight is 312 g/mol. The molecule has 0 aliphatic rings. The molecule has 2 aromatic rings. The van der Waals surface area contributed by atoms with Gasteiger partial charge in [-0.1, -0.05) is 23.7 Å². The van der Waals surface area contributed by atoms with E-state index in [0.717, 1.165) is 30.2 Å². The fourth-order valence-corrected chi connectivity index (χ4v) is 2.13. The highest BCUT2D eigenvalue weighted by atomic mass is 35.5. The number of hydrogen-bond donors (Lipinski definition) is 2. The lowest BCUT2D eigenvalue weighted by Gasteiger charge is -2.13. The van der Waals surface area contributed by atoms with Gasteiger partial charge in [0.05, 0.1) is 6.10 Å². The monoisotopic (exact) mass is 311 g/mol. The van der Waals surface area contributed by atoms with Gasteiger partial charge in [-0.25, -0.2) is 8.78 Å². The molecule has 112 valence electrons. The number of aliphatic hydroxyl groups is 1. The van der Waals surface area contributed by atoms with Gasteiger partial charge in [-0.15, -0.1) is 0 Å². The second-order valence-electron chi connectivity index (χ2n) is 4.76. The first-order chi connectivity index (χ1) is 10.1. The Morgan fingerprint density at radius 2 is 1.81 bits per heavy atom. The molecule has 2 aromatic carbocycles. The highest BCUT2D eigenvalue weighted by Crippen LogP contribution is 2.17. The molecule has 0 bridgehead atoms. The van der Waals surface area contributed by atoms with Gasteiger partial charge in [0.2, 0.25) is 0 Å². The predicted octanol–water partition coefficient (Wildman–Crippen LogP) is 3.48. The van der Waals surface area contributed by atoms with Gasteiger partial charge in [-0.3, -0.25) is 0 Å². The van der Waals surface area contributed by atoms with Gasteiger partial charge in [0, 0.05) is 17.1 Å². The van der Waals surface area contributed by atoms with Crippen molar-refractivity contribution in [1.29, 1.82) is 0 Å². The molecule has 5 heteroatoms. The summed E-state index contributed by atoms with van der Waals surface area (Å²) in [7, 11) is 0. The van der Waals surface area contributed by atoms with E-state index in [1.165, 1.54) is 0 Å². The molecule has 1 atom stereocenters. The lowest BCUT2D eigenvalue weighted by atomic mass is 10.1. The van der Waals surface area contributed by atoms with E-state index in [0.29, 0.717) is 11.6 Å². The van der Waals surface area contributed by atoms with Crippen molar-refractivity contribution in [3.8, 4) is 0 Å². The van der Waals surface area contributed by atoms with Gasteiger partial charge in [0.15, 0.2) is 0 Å². The average Bonchev–Trinajstić information content (AvgIpc) is 2.47. The first-order valence-electron chi connectivity index (χ1n) is 6.64. The molecule has 0 amide bonds. The quantitative estimate of drug-likeness (QED) is 0.801. The molecule has 0 saturated carbocycles. The predicted molar refractivity (Wildman–Crippen MR) is 79.3 cm³/mol. The summed E-state index contributed by atoms with van der Waals surface area (Å²) >= 11 is 5.80. The van der Waals surface area contributed by atoms with Crippen molar-refractivity contribution >= 4 is 11.6 Å². The summed E-state index contributed by atoms with van der Waals surface area (Å²) in [5.74, 6) is -1.17. The number of nitrogens with one attached hydrogen (secondary N) is 1. The fourth-order valence-electron chi connectivity index (χ4n) is 2.00. The summed E-state index contributed by atoms with van der Waals surface area (Å²) in [4.78, 5) is 0. The maximum atomic E-state index is 13.5. The largest absolute Gasteiger partial charge is 0.387 e. The van der Waals surface area contributed by atoms with E-state index in [2.05, 4.69) is 5.32 Å². The Kier molecular flexibility index (Phi) is 5.67. The molecule has 0 fully saturated rings. The van der Waals surface area contributed by atoms with Crippen LogP contribution < -0.4 is 5.32 Å². The van der Waals surface area contributed by atoms with E-state index in [1.807, 2.05) is 24.3 Å². The smallest absolute Gasteiger partial charge is 0.129 e. The van der Waals surface area contributed by atoms with E-state index in [9.17, 15) is 13.9 Å². The van der Waals surface area contributed by atoms with Crippen molar-refractivity contribution < 1.29 is 13.9 Å². The minimum absolute atomic E-state index is 0.0333. The van der Waals surface area contributed by atoms with Crippen molar-refractivity contribution in [2.75, 3.05) is 13.1 Å². The molecule has 1 unspecified atom stereocenters. The molecule has 21 heavy (non-hydrogen) atoms. The molecule has 0 heterocycles. The van der Waals surface area contributed by atoms with Crippen LogP contribution >= 0.6 is 11.6 Å². The van der Waals surface area contributed by atoms with Crippen molar-refractivity contribution in [3.63, 3.8) is 0 Å². The topological polar surface area (TPSA) is 32.3 Å².